The van der Waals surface area contributed by atoms with Crippen molar-refractivity contribution in [1.82, 2.24) is 4.90 Å². The van der Waals surface area contributed by atoms with Gasteiger partial charge in [0.05, 0.1) is 18.4 Å². The molecular formula is C14H13NO4S. The van der Waals surface area contributed by atoms with Crippen LogP contribution >= 0.6 is 11.3 Å². The molecule has 1 N–H and O–H groups in total. The molecule has 5 nitrogen and oxygen atoms in total. The summed E-state index contributed by atoms with van der Waals surface area (Å²) in [5, 5.41) is 10.3. The van der Waals surface area contributed by atoms with Crippen molar-refractivity contribution in [2.75, 3.05) is 7.05 Å². The van der Waals surface area contributed by atoms with E-state index in [1.165, 1.54) is 17.4 Å². The topological polar surface area (TPSA) is 70.8 Å². The van der Waals surface area contributed by atoms with Crippen LogP contribution in [0.1, 0.15) is 21.0 Å². The van der Waals surface area contributed by atoms with Crippen molar-refractivity contribution < 1.29 is 19.1 Å². The minimum absolute atomic E-state index is 0.132. The predicted octanol–water partition coefficient (Wildman–Crippen LogP) is 2.71. The summed E-state index contributed by atoms with van der Waals surface area (Å²) in [5.74, 6) is -0.434. The second-order valence-corrected chi connectivity index (χ2v) is 5.09. The average Bonchev–Trinajstić information content (AvgIpc) is 3.06. The third-order valence-corrected chi connectivity index (χ3v) is 3.47. The summed E-state index contributed by atoms with van der Waals surface area (Å²) in [5.41, 5.74) is 0.536. The van der Waals surface area contributed by atoms with Crippen LogP contribution in [0.5, 0.6) is 0 Å². The second kappa shape index (κ2) is 6.21. The summed E-state index contributed by atoms with van der Waals surface area (Å²) in [6, 6.07) is 5.25. The fourth-order valence-electron chi connectivity index (χ4n) is 1.63. The first-order valence-corrected chi connectivity index (χ1v) is 6.71. The highest BCUT2D eigenvalue weighted by Crippen LogP contribution is 2.18. The zero-order valence-corrected chi connectivity index (χ0v) is 11.6. The van der Waals surface area contributed by atoms with Crippen LogP contribution in [0.2, 0.25) is 0 Å². The maximum Gasteiger partial charge on any atom is 0.328 e. The summed E-state index contributed by atoms with van der Waals surface area (Å²) in [6.07, 6.45) is 4.08. The molecule has 20 heavy (non-hydrogen) atoms. The molecule has 0 saturated carbocycles. The van der Waals surface area contributed by atoms with Crippen molar-refractivity contribution in [1.29, 1.82) is 0 Å². The van der Waals surface area contributed by atoms with Crippen LogP contribution in [0.4, 0.5) is 0 Å². The van der Waals surface area contributed by atoms with Gasteiger partial charge in [-0.1, -0.05) is 0 Å². The molecule has 0 aliphatic carbocycles. The van der Waals surface area contributed by atoms with Gasteiger partial charge in [-0.25, -0.2) is 4.79 Å². The molecule has 0 bridgehead atoms. The van der Waals surface area contributed by atoms with Gasteiger partial charge in [0.25, 0.3) is 5.91 Å². The number of rotatable bonds is 5. The summed E-state index contributed by atoms with van der Waals surface area (Å²) < 4.78 is 5.19. The van der Waals surface area contributed by atoms with Gasteiger partial charge in [0, 0.05) is 23.4 Å². The number of carbonyl (C=O) groups is 2. The monoisotopic (exact) mass is 291 g/mol. The van der Waals surface area contributed by atoms with Gasteiger partial charge in [0.1, 0.15) is 5.76 Å². The Morgan fingerprint density at radius 3 is 2.95 bits per heavy atom. The minimum Gasteiger partial charge on any atom is -0.478 e. The molecule has 2 aromatic rings. The van der Waals surface area contributed by atoms with Crippen LogP contribution in [0.15, 0.2) is 40.3 Å². The number of amides is 1. The van der Waals surface area contributed by atoms with Crippen molar-refractivity contribution >= 4 is 29.3 Å². The Morgan fingerprint density at radius 2 is 2.30 bits per heavy atom. The van der Waals surface area contributed by atoms with Crippen LogP contribution in [-0.4, -0.2) is 28.9 Å². The molecule has 0 unspecified atom stereocenters. The zero-order valence-electron chi connectivity index (χ0n) is 10.8. The van der Waals surface area contributed by atoms with Crippen molar-refractivity contribution in [2.45, 2.75) is 6.54 Å². The van der Waals surface area contributed by atoms with Crippen LogP contribution in [0, 0.1) is 0 Å². The Morgan fingerprint density at radius 1 is 1.50 bits per heavy atom. The molecule has 1 amide bonds. The van der Waals surface area contributed by atoms with Gasteiger partial charge >= 0.3 is 5.97 Å². The minimum atomic E-state index is -1.01. The maximum atomic E-state index is 12.2. The van der Waals surface area contributed by atoms with Crippen molar-refractivity contribution in [3.63, 3.8) is 0 Å². The van der Waals surface area contributed by atoms with E-state index < -0.39 is 5.97 Å². The van der Waals surface area contributed by atoms with E-state index in [-0.39, 0.29) is 5.91 Å². The predicted molar refractivity (Wildman–Crippen MR) is 75.5 cm³/mol. The molecule has 104 valence electrons. The standard InChI is InChI=1S/C14H13NO4S/c1-15(8-11-3-2-6-19-11)14(18)10-7-12(20-9-10)4-5-13(16)17/h2-7,9H,8H2,1H3,(H,16,17). The van der Waals surface area contributed by atoms with E-state index in [0.717, 1.165) is 11.0 Å². The van der Waals surface area contributed by atoms with E-state index in [9.17, 15) is 9.59 Å². The van der Waals surface area contributed by atoms with Crippen LogP contribution < -0.4 is 0 Å². The van der Waals surface area contributed by atoms with Crippen molar-refractivity contribution in [3.05, 3.63) is 52.1 Å². The molecule has 2 heterocycles. The van der Waals surface area contributed by atoms with Crippen LogP contribution in [0.3, 0.4) is 0 Å². The third kappa shape index (κ3) is 3.58. The van der Waals surface area contributed by atoms with E-state index in [2.05, 4.69) is 0 Å². The molecule has 0 aromatic carbocycles. The summed E-state index contributed by atoms with van der Waals surface area (Å²) in [4.78, 5) is 24.9. The Bertz CT molecular complexity index is 627. The maximum absolute atomic E-state index is 12.2. The first-order valence-electron chi connectivity index (χ1n) is 5.83. The Kier molecular flexibility index (Phi) is 4.37. The lowest BCUT2D eigenvalue weighted by molar-refractivity contribution is -0.131. The van der Waals surface area contributed by atoms with Gasteiger partial charge in [-0.05, 0) is 24.3 Å². The number of carbonyl (C=O) groups excluding carboxylic acids is 1. The number of furan rings is 1. The number of carboxylic acid groups (broad SMARTS) is 1. The highest BCUT2D eigenvalue weighted by atomic mass is 32.1. The molecule has 0 radical (unpaired) electrons. The highest BCUT2D eigenvalue weighted by molar-refractivity contribution is 7.11. The van der Waals surface area contributed by atoms with Gasteiger partial charge in [0.2, 0.25) is 0 Å². The molecule has 0 saturated heterocycles. The second-order valence-electron chi connectivity index (χ2n) is 4.15. The summed E-state index contributed by atoms with van der Waals surface area (Å²) in [6.45, 7) is 0.391. The van der Waals surface area contributed by atoms with Gasteiger partial charge in [-0.15, -0.1) is 11.3 Å². The number of hydrogen-bond donors (Lipinski definition) is 1. The summed E-state index contributed by atoms with van der Waals surface area (Å²) >= 11 is 1.32. The van der Waals surface area contributed by atoms with Crippen molar-refractivity contribution in [2.24, 2.45) is 0 Å². The molecule has 0 aliphatic rings. The lowest BCUT2D eigenvalue weighted by atomic mass is 10.2. The third-order valence-electron chi connectivity index (χ3n) is 2.58. The molecule has 2 aromatic heterocycles. The van der Waals surface area contributed by atoms with E-state index in [1.54, 1.807) is 41.8 Å². The molecule has 0 fully saturated rings. The number of thiophene rings is 1. The molecule has 0 spiro atoms. The van der Waals surface area contributed by atoms with E-state index in [0.29, 0.717) is 17.9 Å². The molecule has 2 rings (SSSR count). The van der Waals surface area contributed by atoms with Crippen molar-refractivity contribution in [3.8, 4) is 0 Å². The summed E-state index contributed by atoms with van der Waals surface area (Å²) in [7, 11) is 1.69. The molecule has 0 aliphatic heterocycles. The Hall–Kier alpha value is -2.34. The van der Waals surface area contributed by atoms with E-state index in [1.807, 2.05) is 0 Å². The molecular weight excluding hydrogens is 278 g/mol. The first-order chi connectivity index (χ1) is 9.56. The lowest BCUT2D eigenvalue weighted by Gasteiger charge is -2.14. The zero-order chi connectivity index (χ0) is 14.5. The Balaban J connectivity index is 2.03. The number of nitrogens with zero attached hydrogens (tertiary/aromatic N) is 1. The van der Waals surface area contributed by atoms with Crippen LogP contribution in [0.25, 0.3) is 6.08 Å². The first kappa shape index (κ1) is 14.1. The normalized spacial score (nSPS) is 10.8. The molecule has 0 atom stereocenters. The van der Waals surface area contributed by atoms with Gasteiger partial charge in [-0.2, -0.15) is 0 Å². The fraction of sp³-hybridized carbons (Fsp3) is 0.143. The smallest absolute Gasteiger partial charge is 0.328 e. The number of aliphatic carboxylic acids is 1. The van der Waals surface area contributed by atoms with E-state index >= 15 is 0 Å². The van der Waals surface area contributed by atoms with Gasteiger partial charge < -0.3 is 14.4 Å². The quantitative estimate of drug-likeness (QED) is 0.860. The number of hydrogen-bond acceptors (Lipinski definition) is 4. The molecule has 6 heteroatoms. The largest absolute Gasteiger partial charge is 0.478 e. The highest BCUT2D eigenvalue weighted by Gasteiger charge is 2.14. The number of carboxylic acids is 1. The van der Waals surface area contributed by atoms with Gasteiger partial charge in [0.15, 0.2) is 0 Å². The van der Waals surface area contributed by atoms with Gasteiger partial charge in [-0.3, -0.25) is 4.79 Å². The average molecular weight is 291 g/mol. The van der Waals surface area contributed by atoms with Crippen LogP contribution in [-0.2, 0) is 11.3 Å². The fourth-order valence-corrected chi connectivity index (χ4v) is 2.41. The lowest BCUT2D eigenvalue weighted by Crippen LogP contribution is -2.25. The van der Waals surface area contributed by atoms with E-state index in [4.69, 9.17) is 9.52 Å². The Labute approximate surface area is 119 Å². The SMILES string of the molecule is CN(Cc1ccco1)C(=O)c1csc(C=CC(=O)O)c1.